The van der Waals surface area contributed by atoms with Crippen LogP contribution in [-0.2, 0) is 28.6 Å². The molecule has 0 aliphatic rings. The molecule has 0 radical (unpaired) electrons. The predicted molar refractivity (Wildman–Crippen MR) is 284 cm³/mol. The van der Waals surface area contributed by atoms with Crippen LogP contribution in [0, 0.1) is 11.8 Å². The van der Waals surface area contributed by atoms with E-state index in [9.17, 15) is 14.4 Å². The van der Waals surface area contributed by atoms with Crippen LogP contribution in [0.15, 0.2) is 0 Å². The van der Waals surface area contributed by atoms with Gasteiger partial charge in [-0.2, -0.15) is 0 Å². The van der Waals surface area contributed by atoms with Gasteiger partial charge in [-0.3, -0.25) is 14.4 Å². The van der Waals surface area contributed by atoms with E-state index < -0.39 is 6.10 Å². The van der Waals surface area contributed by atoms with Crippen LogP contribution in [-0.4, -0.2) is 37.2 Å². The number of carbonyl (C=O) groups excluding carboxylic acids is 3. The zero-order chi connectivity index (χ0) is 48.2. The van der Waals surface area contributed by atoms with Crippen LogP contribution in [0.4, 0.5) is 0 Å². The van der Waals surface area contributed by atoms with Gasteiger partial charge < -0.3 is 14.2 Å². The van der Waals surface area contributed by atoms with Crippen molar-refractivity contribution in [3.63, 3.8) is 0 Å². The van der Waals surface area contributed by atoms with Crippen molar-refractivity contribution in [2.75, 3.05) is 13.2 Å². The fourth-order valence-electron chi connectivity index (χ4n) is 9.23. The average Bonchev–Trinajstić information content (AvgIpc) is 3.29. The first-order valence-corrected chi connectivity index (χ1v) is 29.7. The first-order chi connectivity index (χ1) is 32.2. The maximum atomic E-state index is 12.9. The molecule has 0 amide bonds. The Hall–Kier alpha value is -1.59. The molecule has 0 heterocycles. The van der Waals surface area contributed by atoms with Crippen LogP contribution >= 0.6 is 0 Å². The molecule has 0 N–H and O–H groups in total. The van der Waals surface area contributed by atoms with Crippen LogP contribution in [0.25, 0.3) is 0 Å². The number of unbranched alkanes of at least 4 members (excludes halogenated alkanes) is 39. The molecule has 0 aromatic carbocycles. The lowest BCUT2D eigenvalue weighted by Crippen LogP contribution is -2.30. The summed E-state index contributed by atoms with van der Waals surface area (Å²) in [6.07, 6.45) is 56.7. The summed E-state index contributed by atoms with van der Waals surface area (Å²) < 4.78 is 16.9. The van der Waals surface area contributed by atoms with Crippen LogP contribution in [0.5, 0.6) is 0 Å². The molecule has 0 fully saturated rings. The molecule has 0 saturated carbocycles. The van der Waals surface area contributed by atoms with Gasteiger partial charge >= 0.3 is 17.9 Å². The van der Waals surface area contributed by atoms with Crippen molar-refractivity contribution in [1.82, 2.24) is 0 Å². The van der Waals surface area contributed by atoms with Crippen molar-refractivity contribution in [1.29, 1.82) is 0 Å². The third kappa shape index (κ3) is 53.4. The number of carbonyl (C=O) groups is 3. The topological polar surface area (TPSA) is 78.9 Å². The van der Waals surface area contributed by atoms with Crippen molar-refractivity contribution in [2.45, 2.75) is 343 Å². The number of hydrogen-bond acceptors (Lipinski definition) is 6. The van der Waals surface area contributed by atoms with E-state index in [1.165, 1.54) is 225 Å². The van der Waals surface area contributed by atoms with E-state index in [1.807, 2.05) is 0 Å². The summed E-state index contributed by atoms with van der Waals surface area (Å²) in [6.45, 7) is 11.4. The van der Waals surface area contributed by atoms with Gasteiger partial charge in [0.1, 0.15) is 13.2 Å². The summed E-state index contributed by atoms with van der Waals surface area (Å²) in [5, 5.41) is 0. The summed E-state index contributed by atoms with van der Waals surface area (Å²) in [4.78, 5) is 38.2. The highest BCUT2D eigenvalue weighted by Gasteiger charge is 2.19. The minimum atomic E-state index is -0.763. The van der Waals surface area contributed by atoms with Crippen molar-refractivity contribution in [3.05, 3.63) is 0 Å². The molecular formula is C60H116O6. The van der Waals surface area contributed by atoms with Crippen molar-refractivity contribution < 1.29 is 28.6 Å². The molecule has 392 valence electrons. The lowest BCUT2D eigenvalue weighted by molar-refractivity contribution is -0.167. The van der Waals surface area contributed by atoms with E-state index in [2.05, 4.69) is 34.6 Å². The summed E-state index contributed by atoms with van der Waals surface area (Å²) in [5.41, 5.74) is 0. The molecule has 0 aromatic rings. The summed E-state index contributed by atoms with van der Waals surface area (Å²) >= 11 is 0. The Morgan fingerprint density at radius 1 is 0.288 bits per heavy atom. The number of ether oxygens (including phenoxy) is 3. The van der Waals surface area contributed by atoms with E-state index in [4.69, 9.17) is 14.2 Å². The molecule has 66 heavy (non-hydrogen) atoms. The Bertz CT molecular complexity index is 1010. The highest BCUT2D eigenvalue weighted by molar-refractivity contribution is 5.71. The van der Waals surface area contributed by atoms with Crippen LogP contribution in [0.1, 0.15) is 336 Å². The van der Waals surface area contributed by atoms with Crippen molar-refractivity contribution in [2.24, 2.45) is 11.8 Å². The number of esters is 3. The normalized spacial score (nSPS) is 12.0. The number of hydrogen-bond donors (Lipinski definition) is 0. The average molecular weight is 934 g/mol. The Kier molecular flexibility index (Phi) is 51.5. The molecule has 0 unspecified atom stereocenters. The largest absolute Gasteiger partial charge is 0.462 e. The molecule has 1 atom stereocenters. The highest BCUT2D eigenvalue weighted by atomic mass is 16.6. The van der Waals surface area contributed by atoms with E-state index in [0.29, 0.717) is 19.3 Å². The number of rotatable bonds is 54. The molecule has 0 aliphatic carbocycles. The predicted octanol–water partition coefficient (Wildman–Crippen LogP) is 19.7. The monoisotopic (exact) mass is 933 g/mol. The summed E-state index contributed by atoms with van der Waals surface area (Å²) in [5.74, 6) is 0.818. The standard InChI is InChI=1S/C60H116O6/c1-6-7-8-9-10-11-12-13-14-15-16-19-22-25-30-35-40-45-50-58(61)64-53-57(54-65-59(62)51-46-41-36-32-27-29-34-39-44-49-56(4)5)66-60(63)52-47-42-37-31-26-23-20-17-18-21-24-28-33-38-43-48-55(2)3/h55-57H,6-54H2,1-5H3/t57-/m0/s1. The zero-order valence-corrected chi connectivity index (χ0v) is 45.3. The Morgan fingerprint density at radius 2 is 0.500 bits per heavy atom. The Labute approximate surface area is 412 Å². The molecule has 0 aromatic heterocycles. The van der Waals surface area contributed by atoms with Crippen LogP contribution in [0.2, 0.25) is 0 Å². The van der Waals surface area contributed by atoms with E-state index >= 15 is 0 Å². The molecule has 6 heteroatoms. The molecule has 0 bridgehead atoms. The third-order valence-corrected chi connectivity index (χ3v) is 13.7. The quantitative estimate of drug-likeness (QED) is 0.0343. The van der Waals surface area contributed by atoms with Crippen molar-refractivity contribution in [3.8, 4) is 0 Å². The fraction of sp³-hybridized carbons (Fsp3) is 0.950. The van der Waals surface area contributed by atoms with Gasteiger partial charge in [0, 0.05) is 19.3 Å². The van der Waals surface area contributed by atoms with Gasteiger partial charge in [-0.05, 0) is 31.1 Å². The first-order valence-electron chi connectivity index (χ1n) is 29.7. The molecule has 0 rings (SSSR count). The highest BCUT2D eigenvalue weighted by Crippen LogP contribution is 2.18. The Balaban J connectivity index is 4.27. The second-order valence-electron chi connectivity index (χ2n) is 21.6. The summed E-state index contributed by atoms with van der Waals surface area (Å²) in [6, 6.07) is 0. The second kappa shape index (κ2) is 52.8. The van der Waals surface area contributed by atoms with Gasteiger partial charge in [0.15, 0.2) is 6.10 Å². The van der Waals surface area contributed by atoms with Crippen LogP contribution in [0.3, 0.4) is 0 Å². The first kappa shape index (κ1) is 64.4. The lowest BCUT2D eigenvalue weighted by Gasteiger charge is -2.18. The smallest absolute Gasteiger partial charge is 0.306 e. The second-order valence-corrected chi connectivity index (χ2v) is 21.6. The molecule has 6 nitrogen and oxygen atoms in total. The van der Waals surface area contributed by atoms with Crippen molar-refractivity contribution >= 4 is 17.9 Å². The van der Waals surface area contributed by atoms with Gasteiger partial charge in [-0.1, -0.05) is 298 Å². The maximum Gasteiger partial charge on any atom is 0.306 e. The molecule has 0 aliphatic heterocycles. The third-order valence-electron chi connectivity index (χ3n) is 13.7. The zero-order valence-electron chi connectivity index (χ0n) is 45.3. The lowest BCUT2D eigenvalue weighted by atomic mass is 10.0. The minimum absolute atomic E-state index is 0.0627. The maximum absolute atomic E-state index is 12.9. The van der Waals surface area contributed by atoms with Gasteiger partial charge in [-0.25, -0.2) is 0 Å². The molecule has 0 saturated heterocycles. The van der Waals surface area contributed by atoms with Gasteiger partial charge in [0.2, 0.25) is 0 Å². The molecule has 0 spiro atoms. The SMILES string of the molecule is CCCCCCCCCCCCCCCCCCCCC(=O)OC[C@@H](COC(=O)CCCCCCCCCCCC(C)C)OC(=O)CCCCCCCCCCCCCCCCCC(C)C. The van der Waals surface area contributed by atoms with Gasteiger partial charge in [-0.15, -0.1) is 0 Å². The molecular weight excluding hydrogens is 817 g/mol. The van der Waals surface area contributed by atoms with E-state index in [-0.39, 0.29) is 31.1 Å². The van der Waals surface area contributed by atoms with E-state index in [1.54, 1.807) is 0 Å². The van der Waals surface area contributed by atoms with Gasteiger partial charge in [0.05, 0.1) is 0 Å². The summed E-state index contributed by atoms with van der Waals surface area (Å²) in [7, 11) is 0. The van der Waals surface area contributed by atoms with Crippen LogP contribution < -0.4 is 0 Å². The van der Waals surface area contributed by atoms with E-state index in [0.717, 1.165) is 69.6 Å². The minimum Gasteiger partial charge on any atom is -0.462 e. The Morgan fingerprint density at radius 3 is 0.742 bits per heavy atom. The van der Waals surface area contributed by atoms with Gasteiger partial charge in [0.25, 0.3) is 0 Å². The fourth-order valence-corrected chi connectivity index (χ4v) is 9.23.